The van der Waals surface area contributed by atoms with Crippen molar-refractivity contribution < 1.29 is 28.6 Å². The molecule has 0 aliphatic carbocycles. The molecule has 2 aromatic carbocycles. The highest BCUT2D eigenvalue weighted by Gasteiger charge is 2.18. The Bertz CT molecular complexity index is 1150. The Morgan fingerprint density at radius 2 is 1.81 bits per heavy atom. The van der Waals surface area contributed by atoms with Gasteiger partial charge in [-0.05, 0) is 70.0 Å². The first kappa shape index (κ1) is 21.8. The van der Waals surface area contributed by atoms with E-state index < -0.39 is 17.8 Å². The van der Waals surface area contributed by atoms with Crippen molar-refractivity contribution in [1.29, 1.82) is 0 Å². The van der Waals surface area contributed by atoms with E-state index in [2.05, 4.69) is 26.6 Å². The molecule has 158 valence electrons. The number of furan rings is 1. The number of amides is 2. The van der Waals surface area contributed by atoms with E-state index in [1.54, 1.807) is 36.4 Å². The number of ether oxygens (including phenoxy) is 1. The van der Waals surface area contributed by atoms with E-state index in [1.165, 1.54) is 37.5 Å². The van der Waals surface area contributed by atoms with Gasteiger partial charge in [-0.2, -0.15) is 0 Å². The zero-order valence-corrected chi connectivity index (χ0v) is 17.8. The molecule has 0 atom stereocenters. The van der Waals surface area contributed by atoms with E-state index in [0.717, 1.165) is 0 Å². The van der Waals surface area contributed by atoms with Gasteiger partial charge in [0.15, 0.2) is 10.4 Å². The second-order valence-corrected chi connectivity index (χ2v) is 7.01. The maximum atomic E-state index is 12.9. The van der Waals surface area contributed by atoms with Gasteiger partial charge in [-0.3, -0.25) is 9.59 Å². The number of anilines is 1. The lowest BCUT2D eigenvalue weighted by Crippen LogP contribution is -2.30. The summed E-state index contributed by atoms with van der Waals surface area (Å²) in [4.78, 5) is 36.6. The third kappa shape index (κ3) is 5.83. The number of carboxylic acids is 1. The monoisotopic (exact) mass is 484 g/mol. The second-order valence-electron chi connectivity index (χ2n) is 6.23. The van der Waals surface area contributed by atoms with Gasteiger partial charge in [-0.1, -0.05) is 18.2 Å². The van der Waals surface area contributed by atoms with Gasteiger partial charge in [0.1, 0.15) is 11.4 Å². The van der Waals surface area contributed by atoms with Gasteiger partial charge in [0.2, 0.25) is 0 Å². The van der Waals surface area contributed by atoms with Gasteiger partial charge < -0.3 is 24.9 Å². The number of hydrogen-bond donors (Lipinski definition) is 3. The van der Waals surface area contributed by atoms with Crippen LogP contribution >= 0.6 is 15.9 Å². The number of carbonyl (C=O) groups excluding carboxylic acids is 2. The van der Waals surface area contributed by atoms with Crippen molar-refractivity contribution in [1.82, 2.24) is 5.32 Å². The van der Waals surface area contributed by atoms with E-state index >= 15 is 0 Å². The average Bonchev–Trinajstić information content (AvgIpc) is 3.20. The molecule has 3 N–H and O–H groups in total. The van der Waals surface area contributed by atoms with Crippen LogP contribution in [0.4, 0.5) is 5.69 Å². The summed E-state index contributed by atoms with van der Waals surface area (Å²) in [6.07, 6.45) is 1.48. The molecule has 0 aliphatic rings. The van der Waals surface area contributed by atoms with Gasteiger partial charge in [-0.25, -0.2) is 4.79 Å². The molecule has 8 nitrogen and oxygen atoms in total. The Labute approximate surface area is 185 Å². The molecule has 0 unspecified atom stereocenters. The summed E-state index contributed by atoms with van der Waals surface area (Å²) < 4.78 is 10.7. The Balaban J connectivity index is 1.89. The molecule has 0 aliphatic heterocycles. The average molecular weight is 485 g/mol. The first-order valence-electron chi connectivity index (χ1n) is 8.93. The number of carboxylic acid groups (broad SMARTS) is 1. The minimum atomic E-state index is -1.12. The third-order valence-electron chi connectivity index (χ3n) is 4.08. The van der Waals surface area contributed by atoms with Crippen molar-refractivity contribution in [2.45, 2.75) is 0 Å². The topological polar surface area (TPSA) is 118 Å². The summed E-state index contributed by atoms with van der Waals surface area (Å²) in [7, 11) is 1.54. The molecule has 3 rings (SSSR count). The standard InChI is InChI=1S/C22H17BrN2O6/c1-30-16-7-5-13(6-8-16)11-17(25-21(27)18-9-10-19(23)31-18)20(26)24-15-4-2-3-14(12-15)22(28)29/h2-12H,1H3,(H,24,26)(H,25,27)(H,28,29)/b17-11-. The number of halogens is 1. The summed E-state index contributed by atoms with van der Waals surface area (Å²) in [6, 6.07) is 15.6. The molecular formula is C22H17BrN2O6. The summed E-state index contributed by atoms with van der Waals surface area (Å²) in [5.74, 6) is -1.75. The Morgan fingerprint density at radius 3 is 2.42 bits per heavy atom. The van der Waals surface area contributed by atoms with Gasteiger partial charge in [0, 0.05) is 5.69 Å². The molecule has 1 aromatic heterocycles. The number of benzene rings is 2. The number of methoxy groups -OCH3 is 1. The molecule has 1 heterocycles. The molecule has 0 bridgehead atoms. The van der Waals surface area contributed by atoms with E-state index in [4.69, 9.17) is 14.3 Å². The quantitative estimate of drug-likeness (QED) is 0.433. The van der Waals surface area contributed by atoms with E-state index in [9.17, 15) is 14.4 Å². The van der Waals surface area contributed by atoms with Crippen LogP contribution < -0.4 is 15.4 Å². The van der Waals surface area contributed by atoms with Gasteiger partial charge in [-0.15, -0.1) is 0 Å². The fraction of sp³-hybridized carbons (Fsp3) is 0.0455. The van der Waals surface area contributed by atoms with Crippen molar-refractivity contribution in [3.8, 4) is 5.75 Å². The molecule has 2 amide bonds. The minimum Gasteiger partial charge on any atom is -0.497 e. The van der Waals surface area contributed by atoms with Crippen molar-refractivity contribution >= 4 is 45.5 Å². The summed E-state index contributed by atoms with van der Waals surface area (Å²) in [5, 5.41) is 14.3. The van der Waals surface area contributed by atoms with Crippen LogP contribution in [0.1, 0.15) is 26.5 Å². The Morgan fingerprint density at radius 1 is 1.06 bits per heavy atom. The predicted octanol–water partition coefficient (Wildman–Crippen LogP) is 4.16. The molecule has 31 heavy (non-hydrogen) atoms. The van der Waals surface area contributed by atoms with Crippen molar-refractivity contribution in [3.05, 3.63) is 87.9 Å². The molecular weight excluding hydrogens is 468 g/mol. The number of hydrogen-bond acceptors (Lipinski definition) is 5. The smallest absolute Gasteiger partial charge is 0.335 e. The summed E-state index contributed by atoms with van der Waals surface area (Å²) >= 11 is 3.13. The third-order valence-corrected chi connectivity index (χ3v) is 4.51. The second kappa shape index (κ2) is 9.77. The molecule has 9 heteroatoms. The lowest BCUT2D eigenvalue weighted by molar-refractivity contribution is -0.113. The number of nitrogens with one attached hydrogen (secondary N) is 2. The maximum Gasteiger partial charge on any atom is 0.335 e. The Hall–Kier alpha value is -3.85. The fourth-order valence-electron chi connectivity index (χ4n) is 2.57. The normalized spacial score (nSPS) is 11.0. The highest BCUT2D eigenvalue weighted by atomic mass is 79.9. The first-order valence-corrected chi connectivity index (χ1v) is 9.72. The van der Waals surface area contributed by atoms with Crippen LogP contribution in [-0.4, -0.2) is 30.0 Å². The largest absolute Gasteiger partial charge is 0.497 e. The van der Waals surface area contributed by atoms with Gasteiger partial charge in [0.05, 0.1) is 12.7 Å². The molecule has 3 aromatic rings. The van der Waals surface area contributed by atoms with Crippen LogP contribution in [0.25, 0.3) is 6.08 Å². The van der Waals surface area contributed by atoms with Crippen LogP contribution in [0.2, 0.25) is 0 Å². The van der Waals surface area contributed by atoms with Crippen LogP contribution in [0.3, 0.4) is 0 Å². The zero-order chi connectivity index (χ0) is 22.4. The number of rotatable bonds is 7. The zero-order valence-electron chi connectivity index (χ0n) is 16.2. The number of aromatic carboxylic acids is 1. The maximum absolute atomic E-state index is 12.9. The minimum absolute atomic E-state index is 0.00757. The van der Waals surface area contributed by atoms with Gasteiger partial charge >= 0.3 is 5.97 Å². The first-order chi connectivity index (χ1) is 14.9. The van der Waals surface area contributed by atoms with E-state index in [0.29, 0.717) is 16.0 Å². The highest BCUT2D eigenvalue weighted by molar-refractivity contribution is 9.10. The Kier molecular flexibility index (Phi) is 6.88. The fourth-order valence-corrected chi connectivity index (χ4v) is 2.88. The lowest BCUT2D eigenvalue weighted by Gasteiger charge is -2.11. The van der Waals surface area contributed by atoms with Crippen molar-refractivity contribution in [2.24, 2.45) is 0 Å². The van der Waals surface area contributed by atoms with Crippen LogP contribution in [0.5, 0.6) is 5.75 Å². The molecule has 0 spiro atoms. The molecule has 0 saturated carbocycles. The SMILES string of the molecule is COc1ccc(/C=C(\NC(=O)c2ccc(Br)o2)C(=O)Nc2cccc(C(=O)O)c2)cc1. The number of carbonyl (C=O) groups is 3. The van der Waals surface area contributed by atoms with Crippen LogP contribution in [-0.2, 0) is 4.79 Å². The summed E-state index contributed by atoms with van der Waals surface area (Å²) in [6.45, 7) is 0. The molecule has 0 radical (unpaired) electrons. The van der Waals surface area contributed by atoms with Crippen molar-refractivity contribution in [2.75, 3.05) is 12.4 Å². The van der Waals surface area contributed by atoms with E-state index in [-0.39, 0.29) is 22.7 Å². The van der Waals surface area contributed by atoms with Gasteiger partial charge in [0.25, 0.3) is 11.8 Å². The van der Waals surface area contributed by atoms with Crippen molar-refractivity contribution in [3.63, 3.8) is 0 Å². The van der Waals surface area contributed by atoms with E-state index in [1.807, 2.05) is 0 Å². The molecule has 0 saturated heterocycles. The molecule has 0 fully saturated rings. The summed E-state index contributed by atoms with van der Waals surface area (Å²) in [5.41, 5.74) is 0.845. The van der Waals surface area contributed by atoms with Crippen LogP contribution in [0.15, 0.2) is 75.4 Å². The lowest BCUT2D eigenvalue weighted by atomic mass is 10.1. The highest BCUT2D eigenvalue weighted by Crippen LogP contribution is 2.17. The predicted molar refractivity (Wildman–Crippen MR) is 117 cm³/mol. The van der Waals surface area contributed by atoms with Crippen LogP contribution in [0, 0.1) is 0 Å².